The molecule has 2 rings (SSSR count). The molecule has 2 saturated heterocycles. The number of carboxylic acid groups (broad SMARTS) is 1. The van der Waals surface area contributed by atoms with E-state index in [1.54, 1.807) is 0 Å². The molecule has 0 radical (unpaired) electrons. The maximum absolute atomic E-state index is 12.4. The van der Waals surface area contributed by atoms with E-state index in [1.165, 1.54) is 4.90 Å². The monoisotopic (exact) mass is 319 g/mol. The lowest BCUT2D eigenvalue weighted by Gasteiger charge is -2.34. The van der Waals surface area contributed by atoms with Crippen molar-refractivity contribution in [2.45, 2.75) is 12.5 Å². The Bertz CT molecular complexity index is 560. The van der Waals surface area contributed by atoms with Crippen molar-refractivity contribution in [2.75, 3.05) is 37.7 Å². The van der Waals surface area contributed by atoms with E-state index in [0.717, 1.165) is 4.90 Å². The molecule has 0 aromatic rings. The quantitative estimate of drug-likeness (QED) is 0.627. The Morgan fingerprint density at radius 3 is 2.67 bits per heavy atom. The molecule has 0 spiro atoms. The van der Waals surface area contributed by atoms with Crippen molar-refractivity contribution >= 4 is 27.7 Å². The molecule has 2 N–H and O–H groups in total. The molecule has 1 atom stereocenters. The molecule has 2 heterocycles. The van der Waals surface area contributed by atoms with Gasteiger partial charge in [0.05, 0.1) is 11.5 Å². The van der Waals surface area contributed by atoms with Gasteiger partial charge in [-0.05, 0) is 6.42 Å². The first kappa shape index (κ1) is 15.5. The smallest absolute Gasteiger partial charge is 0.323 e. The molecule has 0 aliphatic carbocycles. The van der Waals surface area contributed by atoms with Gasteiger partial charge in [0.1, 0.15) is 13.1 Å². The van der Waals surface area contributed by atoms with Crippen molar-refractivity contribution in [3.63, 3.8) is 0 Å². The molecule has 10 heteroatoms. The molecule has 0 aromatic carbocycles. The maximum Gasteiger partial charge on any atom is 0.323 e. The highest BCUT2D eigenvalue weighted by Crippen LogP contribution is 2.19. The number of aliphatic carboxylic acids is 1. The highest BCUT2D eigenvalue weighted by Gasteiger charge is 2.38. The van der Waals surface area contributed by atoms with E-state index < -0.39 is 34.4 Å². The second-order valence-electron chi connectivity index (χ2n) is 5.13. The van der Waals surface area contributed by atoms with Crippen molar-refractivity contribution in [2.24, 2.45) is 0 Å². The van der Waals surface area contributed by atoms with Crippen LogP contribution in [-0.4, -0.2) is 85.0 Å². The summed E-state index contributed by atoms with van der Waals surface area (Å²) in [6.07, 6.45) is 0.224. The van der Waals surface area contributed by atoms with E-state index in [4.69, 9.17) is 5.11 Å². The third-order valence-corrected chi connectivity index (χ3v) is 5.26. The van der Waals surface area contributed by atoms with Gasteiger partial charge >= 0.3 is 12.0 Å². The SMILES string of the molecule is O=C(O)CN(C(=O)N1CCNC(=O)C1)C1CCS(=O)(=O)C1. The van der Waals surface area contributed by atoms with Crippen LogP contribution in [0.5, 0.6) is 0 Å². The second-order valence-corrected chi connectivity index (χ2v) is 7.36. The highest BCUT2D eigenvalue weighted by molar-refractivity contribution is 7.91. The lowest BCUT2D eigenvalue weighted by atomic mass is 10.2. The van der Waals surface area contributed by atoms with Crippen molar-refractivity contribution in [1.29, 1.82) is 0 Å². The number of carbonyl (C=O) groups excluding carboxylic acids is 2. The van der Waals surface area contributed by atoms with Crippen molar-refractivity contribution in [1.82, 2.24) is 15.1 Å². The van der Waals surface area contributed by atoms with Gasteiger partial charge in [0.2, 0.25) is 5.91 Å². The molecule has 3 amide bonds. The Morgan fingerprint density at radius 2 is 2.14 bits per heavy atom. The van der Waals surface area contributed by atoms with E-state index in [0.29, 0.717) is 6.54 Å². The number of hydrogen-bond acceptors (Lipinski definition) is 5. The van der Waals surface area contributed by atoms with E-state index >= 15 is 0 Å². The predicted octanol–water partition coefficient (Wildman–Crippen LogP) is -1.89. The Kier molecular flexibility index (Phi) is 4.35. The zero-order chi connectivity index (χ0) is 15.6. The van der Waals surface area contributed by atoms with Gasteiger partial charge in [-0.25, -0.2) is 13.2 Å². The number of nitrogens with zero attached hydrogens (tertiary/aromatic N) is 2. The van der Waals surface area contributed by atoms with Crippen molar-refractivity contribution in [3.8, 4) is 0 Å². The fraction of sp³-hybridized carbons (Fsp3) is 0.727. The molecule has 21 heavy (non-hydrogen) atoms. The van der Waals surface area contributed by atoms with Crippen LogP contribution in [-0.2, 0) is 19.4 Å². The highest BCUT2D eigenvalue weighted by atomic mass is 32.2. The predicted molar refractivity (Wildman–Crippen MR) is 71.4 cm³/mol. The largest absolute Gasteiger partial charge is 0.480 e. The number of sulfone groups is 1. The van der Waals surface area contributed by atoms with Crippen LogP contribution in [0.15, 0.2) is 0 Å². The minimum Gasteiger partial charge on any atom is -0.480 e. The van der Waals surface area contributed by atoms with Crippen LogP contribution in [0.25, 0.3) is 0 Å². The summed E-state index contributed by atoms with van der Waals surface area (Å²) in [5, 5.41) is 11.5. The summed E-state index contributed by atoms with van der Waals surface area (Å²) < 4.78 is 23.0. The zero-order valence-electron chi connectivity index (χ0n) is 11.3. The molecule has 2 aliphatic heterocycles. The van der Waals surface area contributed by atoms with Gasteiger partial charge in [-0.2, -0.15) is 0 Å². The van der Waals surface area contributed by atoms with E-state index in [9.17, 15) is 22.8 Å². The van der Waals surface area contributed by atoms with Crippen LogP contribution in [0, 0.1) is 0 Å². The van der Waals surface area contributed by atoms with Gasteiger partial charge in [-0.3, -0.25) is 9.59 Å². The van der Waals surface area contributed by atoms with Gasteiger partial charge in [0.15, 0.2) is 9.84 Å². The van der Waals surface area contributed by atoms with Crippen LogP contribution in [0.2, 0.25) is 0 Å². The number of nitrogens with one attached hydrogen (secondary N) is 1. The maximum atomic E-state index is 12.4. The van der Waals surface area contributed by atoms with Gasteiger partial charge < -0.3 is 20.2 Å². The molecule has 0 aromatic heterocycles. The van der Waals surface area contributed by atoms with Crippen LogP contribution < -0.4 is 5.32 Å². The first-order valence-electron chi connectivity index (χ1n) is 6.53. The number of urea groups is 1. The first-order chi connectivity index (χ1) is 9.78. The summed E-state index contributed by atoms with van der Waals surface area (Å²) in [7, 11) is -3.24. The number of hydrogen-bond donors (Lipinski definition) is 2. The third-order valence-electron chi connectivity index (χ3n) is 3.51. The summed E-state index contributed by atoms with van der Waals surface area (Å²) in [5.41, 5.74) is 0. The molecule has 0 saturated carbocycles. The second kappa shape index (κ2) is 5.88. The summed E-state index contributed by atoms with van der Waals surface area (Å²) in [5.74, 6) is -1.81. The lowest BCUT2D eigenvalue weighted by molar-refractivity contribution is -0.138. The Labute approximate surface area is 121 Å². The topological polar surface area (TPSA) is 124 Å². The van der Waals surface area contributed by atoms with Gasteiger partial charge in [0, 0.05) is 19.1 Å². The molecule has 2 fully saturated rings. The standard InChI is InChI=1S/C11H17N3O6S/c15-9-5-13(3-2-12-9)11(18)14(6-10(16)17)8-1-4-21(19,20)7-8/h8H,1-7H2,(H,12,15)(H,16,17). The summed E-state index contributed by atoms with van der Waals surface area (Å²) in [6, 6.07) is -1.25. The molecule has 118 valence electrons. The molecule has 9 nitrogen and oxygen atoms in total. The normalized spacial score (nSPS) is 24.5. The van der Waals surface area contributed by atoms with Gasteiger partial charge in [0.25, 0.3) is 0 Å². The van der Waals surface area contributed by atoms with Crippen LogP contribution in [0.1, 0.15) is 6.42 Å². The Morgan fingerprint density at radius 1 is 1.43 bits per heavy atom. The van der Waals surface area contributed by atoms with E-state index in [-0.39, 0.29) is 36.9 Å². The summed E-state index contributed by atoms with van der Waals surface area (Å²) in [4.78, 5) is 36.9. The van der Waals surface area contributed by atoms with Crippen LogP contribution in [0.4, 0.5) is 4.79 Å². The van der Waals surface area contributed by atoms with Crippen LogP contribution in [0.3, 0.4) is 0 Å². The molecule has 1 unspecified atom stereocenters. The fourth-order valence-corrected chi connectivity index (χ4v) is 4.23. The average Bonchev–Trinajstić information content (AvgIpc) is 2.75. The van der Waals surface area contributed by atoms with Gasteiger partial charge in [-0.1, -0.05) is 0 Å². The van der Waals surface area contributed by atoms with E-state index in [2.05, 4.69) is 5.32 Å². The lowest BCUT2D eigenvalue weighted by Crippen LogP contribution is -2.57. The molecule has 0 bridgehead atoms. The number of amides is 3. The van der Waals surface area contributed by atoms with Crippen molar-refractivity contribution in [3.05, 3.63) is 0 Å². The molecular weight excluding hydrogens is 302 g/mol. The van der Waals surface area contributed by atoms with Crippen LogP contribution >= 0.6 is 0 Å². The average molecular weight is 319 g/mol. The van der Waals surface area contributed by atoms with Crippen molar-refractivity contribution < 1.29 is 27.9 Å². The molecule has 2 aliphatic rings. The summed E-state index contributed by atoms with van der Waals surface area (Å²) in [6.45, 7) is -0.139. The molecular formula is C11H17N3O6S. The number of piperazine rings is 1. The Hall–Kier alpha value is -1.84. The zero-order valence-corrected chi connectivity index (χ0v) is 12.1. The van der Waals surface area contributed by atoms with Gasteiger partial charge in [-0.15, -0.1) is 0 Å². The minimum absolute atomic E-state index is 0.0540. The summed E-state index contributed by atoms with van der Waals surface area (Å²) >= 11 is 0. The minimum atomic E-state index is -3.24. The number of carbonyl (C=O) groups is 3. The van der Waals surface area contributed by atoms with E-state index in [1.807, 2.05) is 0 Å². The Balaban J connectivity index is 2.13. The third kappa shape index (κ3) is 3.84. The first-order valence-corrected chi connectivity index (χ1v) is 8.35. The fourth-order valence-electron chi connectivity index (χ4n) is 2.50. The number of carboxylic acids is 1. The number of rotatable bonds is 3.